The highest BCUT2D eigenvalue weighted by Gasteiger charge is 2.12. The Balaban J connectivity index is 2.63. The van der Waals surface area contributed by atoms with Gasteiger partial charge in [0.25, 0.3) is 5.91 Å². The standard InChI is InChI=1S/C10H12ClN3OS/c1-14(5-4-9(12)16)10(15)8-3-2-7(11)6-13-8/h2-3,6H,4-5H2,1H3,(H2,12,16). The predicted octanol–water partition coefficient (Wildman–Crippen LogP) is 1.48. The zero-order valence-corrected chi connectivity index (χ0v) is 10.4. The molecular formula is C10H12ClN3OS. The maximum absolute atomic E-state index is 11.8. The van der Waals surface area contributed by atoms with E-state index in [1.165, 1.54) is 11.1 Å². The van der Waals surface area contributed by atoms with Crippen LogP contribution in [0, 0.1) is 0 Å². The quantitative estimate of drug-likeness (QED) is 0.831. The van der Waals surface area contributed by atoms with E-state index in [0.29, 0.717) is 28.7 Å². The van der Waals surface area contributed by atoms with E-state index in [1.807, 2.05) is 0 Å². The van der Waals surface area contributed by atoms with E-state index in [1.54, 1.807) is 19.2 Å². The van der Waals surface area contributed by atoms with E-state index >= 15 is 0 Å². The third-order valence-electron chi connectivity index (χ3n) is 1.99. The molecule has 1 rings (SSSR count). The Morgan fingerprint density at radius 3 is 2.81 bits per heavy atom. The lowest BCUT2D eigenvalue weighted by Gasteiger charge is -2.15. The summed E-state index contributed by atoms with van der Waals surface area (Å²) in [7, 11) is 1.68. The molecule has 0 fully saturated rings. The molecule has 1 aromatic rings. The fraction of sp³-hybridized carbons (Fsp3) is 0.300. The molecule has 0 saturated heterocycles. The Kier molecular flexibility index (Phi) is 4.64. The first-order chi connectivity index (χ1) is 7.50. The average molecular weight is 258 g/mol. The van der Waals surface area contributed by atoms with Crippen molar-refractivity contribution in [3.05, 3.63) is 29.0 Å². The third-order valence-corrected chi connectivity index (χ3v) is 2.41. The molecule has 0 unspecified atom stereocenters. The Labute approximate surface area is 104 Å². The van der Waals surface area contributed by atoms with E-state index in [-0.39, 0.29) is 5.91 Å². The molecule has 0 aliphatic heterocycles. The normalized spacial score (nSPS) is 9.88. The molecule has 0 aliphatic carbocycles. The molecule has 4 nitrogen and oxygen atoms in total. The Morgan fingerprint density at radius 1 is 1.62 bits per heavy atom. The van der Waals surface area contributed by atoms with Crippen LogP contribution in [0.2, 0.25) is 5.02 Å². The molecule has 86 valence electrons. The van der Waals surface area contributed by atoms with Crippen molar-refractivity contribution in [2.45, 2.75) is 6.42 Å². The molecule has 0 aliphatic rings. The lowest BCUT2D eigenvalue weighted by Crippen LogP contribution is -2.30. The van der Waals surface area contributed by atoms with Crippen LogP contribution in [-0.2, 0) is 0 Å². The van der Waals surface area contributed by atoms with Gasteiger partial charge in [-0.25, -0.2) is 4.98 Å². The summed E-state index contributed by atoms with van der Waals surface area (Å²) in [5, 5.41) is 0.502. The van der Waals surface area contributed by atoms with Crippen LogP contribution in [-0.4, -0.2) is 34.4 Å². The fourth-order valence-electron chi connectivity index (χ4n) is 1.08. The summed E-state index contributed by atoms with van der Waals surface area (Å²) in [4.78, 5) is 17.7. The molecule has 2 N–H and O–H groups in total. The highest BCUT2D eigenvalue weighted by atomic mass is 35.5. The van der Waals surface area contributed by atoms with Crippen LogP contribution in [0.3, 0.4) is 0 Å². The van der Waals surface area contributed by atoms with E-state index < -0.39 is 0 Å². The van der Waals surface area contributed by atoms with Crippen LogP contribution >= 0.6 is 23.8 Å². The maximum Gasteiger partial charge on any atom is 0.272 e. The third kappa shape index (κ3) is 3.75. The zero-order valence-electron chi connectivity index (χ0n) is 8.81. The summed E-state index contributed by atoms with van der Waals surface area (Å²) in [6.45, 7) is 0.485. The number of carbonyl (C=O) groups excluding carboxylic acids is 1. The van der Waals surface area contributed by atoms with Gasteiger partial charge in [0.2, 0.25) is 0 Å². The minimum absolute atomic E-state index is 0.173. The number of nitrogens with two attached hydrogens (primary N) is 1. The van der Waals surface area contributed by atoms with Crippen LogP contribution in [0.25, 0.3) is 0 Å². The minimum Gasteiger partial charge on any atom is -0.393 e. The van der Waals surface area contributed by atoms with Crippen molar-refractivity contribution in [2.24, 2.45) is 5.73 Å². The smallest absolute Gasteiger partial charge is 0.272 e. The number of amides is 1. The highest BCUT2D eigenvalue weighted by molar-refractivity contribution is 7.80. The molecule has 0 atom stereocenters. The van der Waals surface area contributed by atoms with E-state index in [2.05, 4.69) is 4.98 Å². The van der Waals surface area contributed by atoms with Gasteiger partial charge < -0.3 is 10.6 Å². The minimum atomic E-state index is -0.173. The summed E-state index contributed by atoms with van der Waals surface area (Å²) in [6.07, 6.45) is 1.95. The number of pyridine rings is 1. The topological polar surface area (TPSA) is 59.2 Å². The van der Waals surface area contributed by atoms with Gasteiger partial charge >= 0.3 is 0 Å². The van der Waals surface area contributed by atoms with E-state index in [0.717, 1.165) is 0 Å². The van der Waals surface area contributed by atoms with Gasteiger partial charge in [-0.15, -0.1) is 0 Å². The Bertz CT molecular complexity index is 394. The van der Waals surface area contributed by atoms with Gasteiger partial charge in [0.1, 0.15) is 5.69 Å². The average Bonchev–Trinajstić information content (AvgIpc) is 2.26. The molecule has 16 heavy (non-hydrogen) atoms. The lowest BCUT2D eigenvalue weighted by atomic mass is 10.3. The first-order valence-corrected chi connectivity index (χ1v) is 5.44. The molecule has 0 bridgehead atoms. The van der Waals surface area contributed by atoms with Crippen LogP contribution in [0.5, 0.6) is 0 Å². The Hall–Kier alpha value is -1.20. The van der Waals surface area contributed by atoms with Gasteiger partial charge in [0, 0.05) is 26.2 Å². The van der Waals surface area contributed by atoms with Crippen molar-refractivity contribution in [3.63, 3.8) is 0 Å². The molecule has 1 heterocycles. The number of aromatic nitrogens is 1. The van der Waals surface area contributed by atoms with Crippen molar-refractivity contribution in [1.29, 1.82) is 0 Å². The summed E-state index contributed by atoms with van der Waals surface area (Å²) in [5.41, 5.74) is 5.72. The SMILES string of the molecule is CN(CCC(N)=S)C(=O)c1ccc(Cl)cn1. The number of nitrogens with zero attached hydrogens (tertiary/aromatic N) is 2. The van der Waals surface area contributed by atoms with Gasteiger partial charge in [-0.05, 0) is 12.1 Å². The van der Waals surface area contributed by atoms with Crippen molar-refractivity contribution >= 4 is 34.7 Å². The maximum atomic E-state index is 11.8. The van der Waals surface area contributed by atoms with Crippen LogP contribution in [0.4, 0.5) is 0 Å². The number of halogens is 1. The molecule has 1 amide bonds. The van der Waals surface area contributed by atoms with E-state index in [9.17, 15) is 4.79 Å². The van der Waals surface area contributed by atoms with E-state index in [4.69, 9.17) is 29.6 Å². The number of carbonyl (C=O) groups is 1. The van der Waals surface area contributed by atoms with Crippen molar-refractivity contribution in [1.82, 2.24) is 9.88 Å². The van der Waals surface area contributed by atoms with Crippen molar-refractivity contribution in [3.8, 4) is 0 Å². The molecule has 0 radical (unpaired) electrons. The molecular weight excluding hydrogens is 246 g/mol. The molecule has 0 aromatic carbocycles. The molecule has 6 heteroatoms. The monoisotopic (exact) mass is 257 g/mol. The van der Waals surface area contributed by atoms with Crippen LogP contribution in [0.15, 0.2) is 18.3 Å². The second-order valence-corrected chi connectivity index (χ2v) is 4.27. The predicted molar refractivity (Wildman–Crippen MR) is 67.6 cm³/mol. The number of rotatable bonds is 4. The number of hydrogen-bond acceptors (Lipinski definition) is 3. The summed E-state index contributed by atoms with van der Waals surface area (Å²) in [6, 6.07) is 3.21. The first kappa shape index (κ1) is 12.9. The second-order valence-electron chi connectivity index (χ2n) is 3.30. The van der Waals surface area contributed by atoms with Gasteiger partial charge in [-0.2, -0.15) is 0 Å². The van der Waals surface area contributed by atoms with Crippen LogP contribution in [0.1, 0.15) is 16.9 Å². The van der Waals surface area contributed by atoms with Gasteiger partial charge in [-0.1, -0.05) is 23.8 Å². The van der Waals surface area contributed by atoms with Gasteiger partial charge in [-0.3, -0.25) is 4.79 Å². The number of thiocarbonyl (C=S) groups is 1. The number of hydrogen-bond donors (Lipinski definition) is 1. The second kappa shape index (κ2) is 5.77. The molecule has 0 spiro atoms. The zero-order chi connectivity index (χ0) is 12.1. The van der Waals surface area contributed by atoms with Gasteiger partial charge in [0.15, 0.2) is 0 Å². The lowest BCUT2D eigenvalue weighted by molar-refractivity contribution is 0.0793. The summed E-state index contributed by atoms with van der Waals surface area (Å²) in [5.74, 6) is -0.173. The Morgan fingerprint density at radius 2 is 2.31 bits per heavy atom. The highest BCUT2D eigenvalue weighted by Crippen LogP contribution is 2.07. The van der Waals surface area contributed by atoms with Gasteiger partial charge in [0.05, 0.1) is 10.0 Å². The van der Waals surface area contributed by atoms with Crippen molar-refractivity contribution in [2.75, 3.05) is 13.6 Å². The largest absolute Gasteiger partial charge is 0.393 e. The molecule has 1 aromatic heterocycles. The van der Waals surface area contributed by atoms with Crippen LogP contribution < -0.4 is 5.73 Å². The first-order valence-electron chi connectivity index (χ1n) is 4.66. The molecule has 0 saturated carbocycles. The fourth-order valence-corrected chi connectivity index (χ4v) is 1.28. The summed E-state index contributed by atoms with van der Waals surface area (Å²) >= 11 is 10.4. The summed E-state index contributed by atoms with van der Waals surface area (Å²) < 4.78 is 0. The van der Waals surface area contributed by atoms with Crippen molar-refractivity contribution < 1.29 is 4.79 Å².